The number of carbonyl (C=O) groups excluding carboxylic acids is 5. The Bertz CT molecular complexity index is 1660. The standard InChI is InChI=1S/C35H42N8O9/c36-27(17-10-18-38-35(37)42-43(49)50)32(46)39-21-30(44)40-28(20-31(45)51-22-25-13-6-2-7-14-25)33(47)41-29(19-24-11-4-1-5-12-24)34(48)52-23-26-15-8-3-9-16-26/h1-9,11-16,27-29H,10,17-23,36H2,(H,39,46)(H,40,44)(H,41,47)(H3,37,38,42)/t27-,28+,29-/m0/s1. The van der Waals surface area contributed by atoms with E-state index in [4.69, 9.17) is 20.9 Å². The van der Waals surface area contributed by atoms with Gasteiger partial charge in [-0.3, -0.25) is 19.2 Å². The van der Waals surface area contributed by atoms with Crippen molar-refractivity contribution in [2.24, 2.45) is 16.5 Å². The predicted molar refractivity (Wildman–Crippen MR) is 188 cm³/mol. The molecule has 0 spiro atoms. The lowest BCUT2D eigenvalue weighted by Gasteiger charge is -2.23. The number of guanidine groups is 1. The summed E-state index contributed by atoms with van der Waals surface area (Å²) >= 11 is 0. The monoisotopic (exact) mass is 718 g/mol. The molecule has 0 aliphatic carbocycles. The second-order valence-corrected chi connectivity index (χ2v) is 11.4. The maximum atomic E-state index is 13.7. The lowest BCUT2D eigenvalue weighted by atomic mass is 10.0. The highest BCUT2D eigenvalue weighted by Crippen LogP contribution is 2.09. The van der Waals surface area contributed by atoms with Crippen LogP contribution in [0.2, 0.25) is 0 Å². The van der Waals surface area contributed by atoms with Crippen molar-refractivity contribution < 1.29 is 38.5 Å². The van der Waals surface area contributed by atoms with Crippen LogP contribution in [-0.4, -0.2) is 71.9 Å². The third-order valence-corrected chi connectivity index (χ3v) is 7.29. The molecule has 0 aromatic heterocycles. The number of benzene rings is 3. The third-order valence-electron chi connectivity index (χ3n) is 7.29. The average Bonchev–Trinajstić information content (AvgIpc) is 3.14. The SMILES string of the molecule is NC(=NCCC[C@H](N)C(=O)NCC(=O)N[C@H](CC(=O)OCc1ccccc1)C(=O)N[C@@H](Cc1ccccc1)C(=O)OCc1ccccc1)N[N+](=O)[O-]. The van der Waals surface area contributed by atoms with E-state index in [2.05, 4.69) is 20.9 Å². The van der Waals surface area contributed by atoms with E-state index < -0.39 is 71.7 Å². The van der Waals surface area contributed by atoms with E-state index in [1.807, 2.05) is 6.07 Å². The number of ether oxygens (including phenoxy) is 2. The van der Waals surface area contributed by atoms with Crippen LogP contribution in [-0.2, 0) is 53.1 Å². The summed E-state index contributed by atoms with van der Waals surface area (Å²) in [5.74, 6) is -4.33. The number of nitrogens with two attached hydrogens (primary N) is 2. The van der Waals surface area contributed by atoms with Crippen LogP contribution in [0, 0.1) is 10.1 Å². The van der Waals surface area contributed by atoms with Crippen molar-refractivity contribution in [3.05, 3.63) is 118 Å². The molecule has 52 heavy (non-hydrogen) atoms. The van der Waals surface area contributed by atoms with Crippen molar-refractivity contribution in [1.82, 2.24) is 21.4 Å². The largest absolute Gasteiger partial charge is 0.461 e. The first-order chi connectivity index (χ1) is 25.0. The molecule has 8 N–H and O–H groups in total. The van der Waals surface area contributed by atoms with Crippen molar-refractivity contribution in [3.8, 4) is 0 Å². The van der Waals surface area contributed by atoms with Crippen molar-refractivity contribution >= 4 is 35.6 Å². The Morgan fingerprint density at radius 2 is 1.33 bits per heavy atom. The van der Waals surface area contributed by atoms with Gasteiger partial charge in [-0.15, -0.1) is 0 Å². The van der Waals surface area contributed by atoms with Crippen LogP contribution < -0.4 is 32.8 Å². The van der Waals surface area contributed by atoms with Crippen LogP contribution in [0.15, 0.2) is 96.0 Å². The number of rotatable bonds is 20. The van der Waals surface area contributed by atoms with Crippen LogP contribution in [0.25, 0.3) is 0 Å². The van der Waals surface area contributed by atoms with Crippen LogP contribution in [0.1, 0.15) is 36.0 Å². The maximum absolute atomic E-state index is 13.7. The molecule has 0 heterocycles. The molecular formula is C35H42N8O9. The molecule has 3 aromatic rings. The lowest BCUT2D eigenvalue weighted by Crippen LogP contribution is -2.55. The first kappa shape index (κ1) is 40.1. The number of hydrogen-bond donors (Lipinski definition) is 6. The number of aliphatic imine (C=N–C) groups is 1. The zero-order chi connectivity index (χ0) is 37.7. The Balaban J connectivity index is 1.66. The smallest absolute Gasteiger partial charge is 0.329 e. The minimum absolute atomic E-state index is 0.0469. The number of carbonyl (C=O) groups is 5. The fraction of sp³-hybridized carbons (Fsp3) is 0.314. The number of hydrazine groups is 1. The molecule has 0 fully saturated rings. The number of hydrogen-bond acceptors (Lipinski definition) is 11. The Morgan fingerprint density at radius 3 is 1.90 bits per heavy atom. The summed E-state index contributed by atoms with van der Waals surface area (Å²) in [6.07, 6.45) is -0.169. The molecule has 0 saturated heterocycles. The van der Waals surface area contributed by atoms with Gasteiger partial charge in [0.2, 0.25) is 17.7 Å². The Labute approximate surface area is 299 Å². The van der Waals surface area contributed by atoms with Gasteiger partial charge in [-0.1, -0.05) is 96.4 Å². The fourth-order valence-corrected chi connectivity index (χ4v) is 4.63. The van der Waals surface area contributed by atoms with Gasteiger partial charge in [0.25, 0.3) is 5.96 Å². The molecule has 0 unspecified atom stereocenters. The van der Waals surface area contributed by atoms with E-state index in [1.165, 1.54) is 0 Å². The molecule has 0 radical (unpaired) electrons. The second kappa shape index (κ2) is 21.7. The van der Waals surface area contributed by atoms with E-state index in [9.17, 15) is 34.1 Å². The summed E-state index contributed by atoms with van der Waals surface area (Å²) in [6.45, 7) is -0.673. The van der Waals surface area contributed by atoms with Crippen molar-refractivity contribution in [2.75, 3.05) is 13.1 Å². The van der Waals surface area contributed by atoms with Crippen molar-refractivity contribution in [2.45, 2.75) is 57.0 Å². The summed E-state index contributed by atoms with van der Waals surface area (Å²) in [6, 6.07) is 22.9. The van der Waals surface area contributed by atoms with Gasteiger partial charge in [0, 0.05) is 13.0 Å². The maximum Gasteiger partial charge on any atom is 0.329 e. The molecule has 3 atom stereocenters. The van der Waals surface area contributed by atoms with Gasteiger partial charge in [0.1, 0.15) is 25.3 Å². The molecule has 0 aliphatic rings. The molecule has 3 aromatic carbocycles. The zero-order valence-corrected chi connectivity index (χ0v) is 28.3. The van der Waals surface area contributed by atoms with Gasteiger partial charge in [-0.05, 0) is 29.5 Å². The van der Waals surface area contributed by atoms with E-state index in [1.54, 1.807) is 90.4 Å². The third kappa shape index (κ3) is 15.5. The summed E-state index contributed by atoms with van der Waals surface area (Å²) in [7, 11) is 0. The molecule has 3 amide bonds. The molecule has 276 valence electrons. The van der Waals surface area contributed by atoms with Gasteiger partial charge in [0.05, 0.1) is 19.0 Å². The van der Waals surface area contributed by atoms with E-state index in [-0.39, 0.29) is 39.0 Å². The molecule has 17 heteroatoms. The fourth-order valence-electron chi connectivity index (χ4n) is 4.63. The summed E-state index contributed by atoms with van der Waals surface area (Å²) < 4.78 is 10.8. The van der Waals surface area contributed by atoms with Crippen LogP contribution in [0.5, 0.6) is 0 Å². The Morgan fingerprint density at radius 1 is 0.769 bits per heavy atom. The minimum Gasteiger partial charge on any atom is -0.461 e. The lowest BCUT2D eigenvalue weighted by molar-refractivity contribution is -0.525. The minimum atomic E-state index is -1.50. The highest BCUT2D eigenvalue weighted by molar-refractivity contribution is 5.94. The average molecular weight is 719 g/mol. The topological polar surface area (TPSA) is 259 Å². The Hall–Kier alpha value is -6.36. The number of esters is 2. The van der Waals surface area contributed by atoms with Gasteiger partial charge in [0.15, 0.2) is 5.03 Å². The van der Waals surface area contributed by atoms with Gasteiger partial charge >= 0.3 is 11.9 Å². The van der Waals surface area contributed by atoms with Crippen LogP contribution >= 0.6 is 0 Å². The van der Waals surface area contributed by atoms with E-state index in [0.29, 0.717) is 5.56 Å². The first-order valence-electron chi connectivity index (χ1n) is 16.3. The Kier molecular flexibility index (Phi) is 16.7. The van der Waals surface area contributed by atoms with Crippen molar-refractivity contribution in [1.29, 1.82) is 0 Å². The molecule has 0 aliphatic heterocycles. The zero-order valence-electron chi connectivity index (χ0n) is 28.3. The summed E-state index contributed by atoms with van der Waals surface area (Å²) in [4.78, 5) is 79.4. The van der Waals surface area contributed by atoms with E-state index in [0.717, 1.165) is 11.1 Å². The van der Waals surface area contributed by atoms with Gasteiger partial charge in [-0.25, -0.2) is 19.9 Å². The molecule has 0 saturated carbocycles. The first-order valence-corrected chi connectivity index (χ1v) is 16.3. The van der Waals surface area contributed by atoms with Gasteiger partial charge in [-0.2, -0.15) is 0 Å². The highest BCUT2D eigenvalue weighted by Gasteiger charge is 2.30. The highest BCUT2D eigenvalue weighted by atomic mass is 16.7. The predicted octanol–water partition coefficient (Wildman–Crippen LogP) is 0.395. The number of amides is 3. The number of nitrogens with zero attached hydrogens (tertiary/aromatic N) is 2. The van der Waals surface area contributed by atoms with Crippen LogP contribution in [0.3, 0.4) is 0 Å². The van der Waals surface area contributed by atoms with Crippen molar-refractivity contribution in [3.63, 3.8) is 0 Å². The van der Waals surface area contributed by atoms with Gasteiger partial charge < -0.3 is 36.9 Å². The number of nitrogens with one attached hydrogen (secondary N) is 4. The summed E-state index contributed by atoms with van der Waals surface area (Å²) in [5, 5.41) is 16.9. The molecule has 0 bridgehead atoms. The molecule has 3 rings (SSSR count). The van der Waals surface area contributed by atoms with E-state index >= 15 is 0 Å². The summed E-state index contributed by atoms with van der Waals surface area (Å²) in [5.41, 5.74) is 15.1. The second-order valence-electron chi connectivity index (χ2n) is 11.4. The molecule has 17 nitrogen and oxygen atoms in total. The normalized spacial score (nSPS) is 12.7. The number of nitro groups is 1. The quantitative estimate of drug-likeness (QED) is 0.0232. The molecular weight excluding hydrogens is 676 g/mol. The van der Waals surface area contributed by atoms with Crippen LogP contribution in [0.4, 0.5) is 0 Å².